The van der Waals surface area contributed by atoms with Crippen molar-refractivity contribution in [1.29, 1.82) is 0 Å². The lowest BCUT2D eigenvalue weighted by atomic mass is 10.0. The molecule has 1 fully saturated rings. The third-order valence-corrected chi connectivity index (χ3v) is 3.84. The molecule has 2 N–H and O–H groups in total. The van der Waals surface area contributed by atoms with Crippen LogP contribution in [0.3, 0.4) is 0 Å². The quantitative estimate of drug-likeness (QED) is 0.680. The lowest BCUT2D eigenvalue weighted by molar-refractivity contribution is 0.455. The van der Waals surface area contributed by atoms with Crippen LogP contribution in [-0.4, -0.2) is 23.3 Å². The molecule has 0 saturated heterocycles. The van der Waals surface area contributed by atoms with Crippen LogP contribution in [0, 0.1) is 11.8 Å². The van der Waals surface area contributed by atoms with E-state index in [4.69, 9.17) is 4.42 Å². The minimum Gasteiger partial charge on any atom is -0.407 e. The zero-order chi connectivity index (χ0) is 14.2. The molecule has 0 aromatic carbocycles. The second kappa shape index (κ2) is 8.25. The van der Waals surface area contributed by atoms with Crippen molar-refractivity contribution < 1.29 is 4.42 Å². The Kier molecular flexibility index (Phi) is 6.30. The minimum atomic E-state index is 0.553. The average molecular weight is 280 g/mol. The molecule has 1 aliphatic rings. The number of rotatable bonds is 9. The van der Waals surface area contributed by atoms with E-state index in [0.717, 1.165) is 19.0 Å². The number of hydrogen-bond donors (Lipinski definition) is 2. The van der Waals surface area contributed by atoms with E-state index in [1.807, 2.05) is 0 Å². The SMILES string of the molecule is CC(C)CNCc1nnc(NCCCC2CCCC2)o1. The van der Waals surface area contributed by atoms with Gasteiger partial charge >= 0.3 is 6.01 Å². The molecule has 1 aromatic heterocycles. The zero-order valence-electron chi connectivity index (χ0n) is 12.8. The molecule has 0 aliphatic heterocycles. The van der Waals surface area contributed by atoms with Crippen LogP contribution in [0.15, 0.2) is 4.42 Å². The highest BCUT2D eigenvalue weighted by Crippen LogP contribution is 2.28. The molecule has 1 aliphatic carbocycles. The van der Waals surface area contributed by atoms with Crippen LogP contribution in [0.25, 0.3) is 0 Å². The summed E-state index contributed by atoms with van der Waals surface area (Å²) in [6.45, 7) is 6.90. The normalized spacial score (nSPS) is 16.1. The first-order valence-electron chi connectivity index (χ1n) is 8.01. The van der Waals surface area contributed by atoms with Gasteiger partial charge in [0.1, 0.15) is 0 Å². The molecule has 5 nitrogen and oxygen atoms in total. The van der Waals surface area contributed by atoms with Crippen molar-refractivity contribution >= 4 is 6.01 Å². The maximum Gasteiger partial charge on any atom is 0.315 e. The summed E-state index contributed by atoms with van der Waals surface area (Å²) < 4.78 is 5.54. The van der Waals surface area contributed by atoms with E-state index in [0.29, 0.717) is 24.4 Å². The standard InChI is InChI=1S/C15H28N4O/c1-12(2)10-16-11-14-18-19-15(20-14)17-9-5-8-13-6-3-4-7-13/h12-13,16H,3-11H2,1-2H3,(H,17,19). The second-order valence-electron chi connectivity index (χ2n) is 6.25. The molecule has 1 heterocycles. The van der Waals surface area contributed by atoms with Crippen LogP contribution in [0.5, 0.6) is 0 Å². The first-order valence-corrected chi connectivity index (χ1v) is 8.01. The third kappa shape index (κ3) is 5.49. The molecule has 0 spiro atoms. The molecule has 0 radical (unpaired) electrons. The number of aromatic nitrogens is 2. The van der Waals surface area contributed by atoms with E-state index in [1.165, 1.54) is 38.5 Å². The van der Waals surface area contributed by atoms with Crippen LogP contribution in [0.4, 0.5) is 6.01 Å². The van der Waals surface area contributed by atoms with Gasteiger partial charge in [-0.25, -0.2) is 0 Å². The largest absolute Gasteiger partial charge is 0.407 e. The van der Waals surface area contributed by atoms with Crippen LogP contribution in [0.2, 0.25) is 0 Å². The summed E-state index contributed by atoms with van der Waals surface area (Å²) in [5, 5.41) is 14.6. The molecule has 0 unspecified atom stereocenters. The monoisotopic (exact) mass is 280 g/mol. The molecule has 0 bridgehead atoms. The maximum absolute atomic E-state index is 5.54. The molecule has 1 aromatic rings. The van der Waals surface area contributed by atoms with E-state index in [9.17, 15) is 0 Å². The smallest absolute Gasteiger partial charge is 0.315 e. The molecular weight excluding hydrogens is 252 g/mol. The molecule has 5 heteroatoms. The summed E-state index contributed by atoms with van der Waals surface area (Å²) in [6.07, 6.45) is 8.21. The fraction of sp³-hybridized carbons (Fsp3) is 0.867. The predicted octanol–water partition coefficient (Wildman–Crippen LogP) is 3.20. The van der Waals surface area contributed by atoms with E-state index >= 15 is 0 Å². The summed E-state index contributed by atoms with van der Waals surface area (Å²) in [4.78, 5) is 0. The lowest BCUT2D eigenvalue weighted by Crippen LogP contribution is -2.19. The second-order valence-corrected chi connectivity index (χ2v) is 6.25. The van der Waals surface area contributed by atoms with Gasteiger partial charge in [-0.3, -0.25) is 0 Å². The van der Waals surface area contributed by atoms with E-state index in [1.54, 1.807) is 0 Å². The number of hydrogen-bond acceptors (Lipinski definition) is 5. The summed E-state index contributed by atoms with van der Waals surface area (Å²) in [6, 6.07) is 0.553. The Morgan fingerprint density at radius 1 is 1.25 bits per heavy atom. The van der Waals surface area contributed by atoms with Crippen molar-refractivity contribution in [2.75, 3.05) is 18.4 Å². The number of nitrogens with zero attached hydrogens (tertiary/aromatic N) is 2. The molecular formula is C15H28N4O. The Bertz CT molecular complexity index is 372. The minimum absolute atomic E-state index is 0.553. The van der Waals surface area contributed by atoms with Gasteiger partial charge in [0.15, 0.2) is 0 Å². The molecule has 20 heavy (non-hydrogen) atoms. The van der Waals surface area contributed by atoms with Crippen molar-refractivity contribution in [2.24, 2.45) is 11.8 Å². The Morgan fingerprint density at radius 2 is 2.05 bits per heavy atom. The van der Waals surface area contributed by atoms with E-state index < -0.39 is 0 Å². The van der Waals surface area contributed by atoms with E-state index in [-0.39, 0.29) is 0 Å². The third-order valence-electron chi connectivity index (χ3n) is 3.84. The van der Waals surface area contributed by atoms with E-state index in [2.05, 4.69) is 34.7 Å². The van der Waals surface area contributed by atoms with Crippen molar-refractivity contribution in [3.8, 4) is 0 Å². The first kappa shape index (κ1) is 15.3. The fourth-order valence-electron chi connectivity index (χ4n) is 2.75. The van der Waals surface area contributed by atoms with Gasteiger partial charge in [-0.15, -0.1) is 5.10 Å². The van der Waals surface area contributed by atoms with Gasteiger partial charge in [-0.2, -0.15) is 0 Å². The maximum atomic E-state index is 5.54. The van der Waals surface area contributed by atoms with Crippen molar-refractivity contribution in [3.05, 3.63) is 5.89 Å². The Labute approximate surface area is 121 Å². The first-order chi connectivity index (χ1) is 9.74. The summed E-state index contributed by atoms with van der Waals surface area (Å²) in [5.41, 5.74) is 0. The Balaban J connectivity index is 1.57. The number of anilines is 1. The zero-order valence-corrected chi connectivity index (χ0v) is 12.8. The topological polar surface area (TPSA) is 63.0 Å². The van der Waals surface area contributed by atoms with Gasteiger partial charge in [0.05, 0.1) is 6.54 Å². The van der Waals surface area contributed by atoms with Gasteiger partial charge < -0.3 is 15.1 Å². The molecule has 0 amide bonds. The molecule has 114 valence electrons. The summed E-state index contributed by atoms with van der Waals surface area (Å²) >= 11 is 0. The van der Waals surface area contributed by atoms with Crippen molar-refractivity contribution in [3.63, 3.8) is 0 Å². The molecule has 2 rings (SSSR count). The van der Waals surface area contributed by atoms with Gasteiger partial charge in [0, 0.05) is 6.54 Å². The highest BCUT2D eigenvalue weighted by atomic mass is 16.4. The van der Waals surface area contributed by atoms with Crippen LogP contribution < -0.4 is 10.6 Å². The average Bonchev–Trinajstić information content (AvgIpc) is 3.05. The van der Waals surface area contributed by atoms with Gasteiger partial charge in [-0.05, 0) is 31.2 Å². The fourth-order valence-corrected chi connectivity index (χ4v) is 2.75. The number of nitrogens with one attached hydrogen (secondary N) is 2. The Morgan fingerprint density at radius 3 is 2.80 bits per heavy atom. The Hall–Kier alpha value is -1.10. The highest BCUT2D eigenvalue weighted by molar-refractivity contribution is 5.16. The van der Waals surface area contributed by atoms with Crippen LogP contribution in [0.1, 0.15) is 58.3 Å². The van der Waals surface area contributed by atoms with Gasteiger partial charge in [-0.1, -0.05) is 44.6 Å². The van der Waals surface area contributed by atoms with Gasteiger partial charge in [0.2, 0.25) is 5.89 Å². The van der Waals surface area contributed by atoms with Gasteiger partial charge in [0.25, 0.3) is 0 Å². The molecule has 1 saturated carbocycles. The summed E-state index contributed by atoms with van der Waals surface area (Å²) in [7, 11) is 0. The van der Waals surface area contributed by atoms with Crippen LogP contribution >= 0.6 is 0 Å². The van der Waals surface area contributed by atoms with Crippen molar-refractivity contribution in [1.82, 2.24) is 15.5 Å². The van der Waals surface area contributed by atoms with Crippen molar-refractivity contribution in [2.45, 2.75) is 58.9 Å². The summed E-state index contributed by atoms with van der Waals surface area (Å²) in [5.74, 6) is 2.24. The lowest BCUT2D eigenvalue weighted by Gasteiger charge is -2.07. The molecule has 0 atom stereocenters. The highest BCUT2D eigenvalue weighted by Gasteiger charge is 2.14. The predicted molar refractivity (Wildman–Crippen MR) is 80.5 cm³/mol. The van der Waals surface area contributed by atoms with Crippen LogP contribution in [-0.2, 0) is 6.54 Å².